The number of hydrogen-bond donors (Lipinski definition) is 1. The number of hydrogen-bond acceptors (Lipinski definition) is 4. The van der Waals surface area contributed by atoms with E-state index in [-0.39, 0.29) is 16.1 Å². The van der Waals surface area contributed by atoms with Gasteiger partial charge >= 0.3 is 6.18 Å². The molecule has 0 bridgehead atoms. The zero-order chi connectivity index (χ0) is 18.6. The van der Waals surface area contributed by atoms with E-state index in [1.807, 2.05) is 0 Å². The van der Waals surface area contributed by atoms with Crippen LogP contribution in [-0.4, -0.2) is 17.0 Å². The van der Waals surface area contributed by atoms with Gasteiger partial charge in [-0.25, -0.2) is 5.43 Å². The molecule has 0 fully saturated rings. The van der Waals surface area contributed by atoms with E-state index in [2.05, 4.69) is 10.5 Å². The number of benzene rings is 2. The summed E-state index contributed by atoms with van der Waals surface area (Å²) in [6, 6.07) is 7.76. The molecule has 2 aromatic rings. The normalized spacial score (nSPS) is 11.5. The van der Waals surface area contributed by atoms with Crippen molar-refractivity contribution >= 4 is 29.4 Å². The molecule has 0 heterocycles. The number of rotatable bonds is 4. The summed E-state index contributed by atoms with van der Waals surface area (Å²) in [6.07, 6.45) is -3.47. The molecule has 25 heavy (non-hydrogen) atoms. The first-order valence-corrected chi connectivity index (χ1v) is 7.01. The first-order valence-electron chi connectivity index (χ1n) is 6.63. The number of alkyl halides is 3. The van der Waals surface area contributed by atoms with E-state index in [1.54, 1.807) is 0 Å². The molecule has 0 saturated carbocycles. The number of amides is 1. The predicted octanol–water partition coefficient (Wildman–Crippen LogP) is 4.03. The third-order valence-electron chi connectivity index (χ3n) is 3.00. The maximum atomic E-state index is 12.6. The molecule has 0 aliphatic heterocycles. The lowest BCUT2D eigenvalue weighted by molar-refractivity contribution is -0.384. The molecule has 0 radical (unpaired) electrons. The minimum atomic E-state index is -4.49. The largest absolute Gasteiger partial charge is 0.416 e. The second-order valence-electron chi connectivity index (χ2n) is 4.75. The van der Waals surface area contributed by atoms with E-state index in [0.717, 1.165) is 24.4 Å². The lowest BCUT2D eigenvalue weighted by Gasteiger charge is -2.06. The molecule has 1 amide bonds. The summed E-state index contributed by atoms with van der Waals surface area (Å²) in [5, 5.41) is 14.2. The smallest absolute Gasteiger partial charge is 0.267 e. The van der Waals surface area contributed by atoms with Crippen LogP contribution in [0.1, 0.15) is 21.5 Å². The Hall–Kier alpha value is -2.94. The summed E-state index contributed by atoms with van der Waals surface area (Å²) in [7, 11) is 0. The van der Waals surface area contributed by atoms with E-state index >= 15 is 0 Å². The molecule has 10 heteroatoms. The highest BCUT2D eigenvalue weighted by atomic mass is 35.5. The Morgan fingerprint density at radius 3 is 2.60 bits per heavy atom. The van der Waals surface area contributed by atoms with Gasteiger partial charge in [0.05, 0.1) is 16.7 Å². The van der Waals surface area contributed by atoms with Crippen LogP contribution in [-0.2, 0) is 6.18 Å². The Bertz CT molecular complexity index is 853. The van der Waals surface area contributed by atoms with E-state index < -0.39 is 28.3 Å². The van der Waals surface area contributed by atoms with Crippen LogP contribution in [0.2, 0.25) is 5.02 Å². The van der Waals surface area contributed by atoms with Crippen molar-refractivity contribution in [1.29, 1.82) is 0 Å². The van der Waals surface area contributed by atoms with Crippen molar-refractivity contribution in [2.24, 2.45) is 5.10 Å². The molecule has 0 aliphatic rings. The van der Waals surface area contributed by atoms with E-state index in [9.17, 15) is 28.1 Å². The topological polar surface area (TPSA) is 84.6 Å². The summed E-state index contributed by atoms with van der Waals surface area (Å²) in [4.78, 5) is 21.9. The van der Waals surface area contributed by atoms with Crippen LogP contribution in [0.4, 0.5) is 18.9 Å². The van der Waals surface area contributed by atoms with Crippen LogP contribution in [0.25, 0.3) is 0 Å². The minimum absolute atomic E-state index is 0.0720. The van der Waals surface area contributed by atoms with Crippen LogP contribution in [0.3, 0.4) is 0 Å². The average molecular weight is 372 g/mol. The Balaban J connectivity index is 2.11. The molecule has 2 aromatic carbocycles. The summed E-state index contributed by atoms with van der Waals surface area (Å²) >= 11 is 5.64. The van der Waals surface area contributed by atoms with Crippen molar-refractivity contribution in [3.63, 3.8) is 0 Å². The van der Waals surface area contributed by atoms with Gasteiger partial charge in [-0.15, -0.1) is 0 Å². The van der Waals surface area contributed by atoms with Crippen LogP contribution in [0.5, 0.6) is 0 Å². The summed E-state index contributed by atoms with van der Waals surface area (Å²) in [5.74, 6) is -0.775. The van der Waals surface area contributed by atoms with Gasteiger partial charge in [0.2, 0.25) is 0 Å². The van der Waals surface area contributed by atoms with Gasteiger partial charge in [0.1, 0.15) is 5.02 Å². The monoisotopic (exact) mass is 371 g/mol. The highest BCUT2D eigenvalue weighted by molar-refractivity contribution is 6.32. The molecular formula is C15H9ClF3N3O3. The van der Waals surface area contributed by atoms with Gasteiger partial charge in [0, 0.05) is 11.6 Å². The fraction of sp³-hybridized carbons (Fsp3) is 0.0667. The number of carbonyl (C=O) groups excluding carboxylic acids is 1. The Morgan fingerprint density at radius 1 is 1.24 bits per heavy atom. The van der Waals surface area contributed by atoms with Crippen LogP contribution >= 0.6 is 11.6 Å². The summed E-state index contributed by atoms with van der Waals surface area (Å²) in [5.41, 5.74) is 0.826. The Labute approximate surface area is 144 Å². The zero-order valence-electron chi connectivity index (χ0n) is 12.2. The maximum absolute atomic E-state index is 12.6. The SMILES string of the molecule is O=C(N/N=C/c1cccc(C(F)(F)F)c1)c1ccc(Cl)c([N+](=O)[O-])c1. The molecular weight excluding hydrogens is 363 g/mol. The first-order chi connectivity index (χ1) is 11.7. The predicted molar refractivity (Wildman–Crippen MR) is 84.6 cm³/mol. The standard InChI is InChI=1S/C15H9ClF3N3O3/c16-12-5-4-10(7-13(12)22(24)25)14(23)21-20-8-9-2-1-3-11(6-9)15(17,18)19/h1-8H,(H,21,23)/b20-8+. The van der Waals surface area contributed by atoms with Crippen molar-refractivity contribution in [2.45, 2.75) is 6.18 Å². The number of nitrogens with one attached hydrogen (secondary N) is 1. The van der Waals surface area contributed by atoms with Gasteiger partial charge < -0.3 is 0 Å². The van der Waals surface area contributed by atoms with Gasteiger partial charge in [0.25, 0.3) is 11.6 Å². The van der Waals surface area contributed by atoms with Gasteiger partial charge in [-0.1, -0.05) is 23.7 Å². The highest BCUT2D eigenvalue weighted by Gasteiger charge is 2.30. The van der Waals surface area contributed by atoms with Gasteiger partial charge in [-0.2, -0.15) is 18.3 Å². The van der Waals surface area contributed by atoms with Crippen molar-refractivity contribution in [2.75, 3.05) is 0 Å². The third kappa shape index (κ3) is 4.77. The van der Waals surface area contributed by atoms with Gasteiger partial charge in [0.15, 0.2) is 0 Å². The fourth-order valence-electron chi connectivity index (χ4n) is 1.82. The molecule has 1 N–H and O–H groups in total. The number of halogens is 4. The lowest BCUT2D eigenvalue weighted by Crippen LogP contribution is -2.17. The van der Waals surface area contributed by atoms with Crippen LogP contribution in [0.15, 0.2) is 47.6 Å². The molecule has 130 valence electrons. The van der Waals surface area contributed by atoms with Gasteiger partial charge in [-0.3, -0.25) is 14.9 Å². The molecule has 2 rings (SSSR count). The van der Waals surface area contributed by atoms with Gasteiger partial charge in [-0.05, 0) is 29.8 Å². The molecule has 0 aromatic heterocycles. The second-order valence-corrected chi connectivity index (χ2v) is 5.15. The number of nitro groups is 1. The maximum Gasteiger partial charge on any atom is 0.416 e. The zero-order valence-corrected chi connectivity index (χ0v) is 13.0. The van der Waals surface area contributed by atoms with Crippen molar-refractivity contribution in [3.8, 4) is 0 Å². The van der Waals surface area contributed by atoms with E-state index in [0.29, 0.717) is 0 Å². The average Bonchev–Trinajstić information content (AvgIpc) is 2.54. The number of carbonyl (C=O) groups is 1. The minimum Gasteiger partial charge on any atom is -0.267 e. The first kappa shape index (κ1) is 18.4. The molecule has 0 saturated heterocycles. The molecule has 6 nitrogen and oxygen atoms in total. The van der Waals surface area contributed by atoms with E-state index in [4.69, 9.17) is 11.6 Å². The van der Waals surface area contributed by atoms with Crippen molar-refractivity contribution in [3.05, 3.63) is 74.3 Å². The van der Waals surface area contributed by atoms with Crippen LogP contribution in [0, 0.1) is 10.1 Å². The fourth-order valence-corrected chi connectivity index (χ4v) is 2.01. The molecule has 0 spiro atoms. The summed E-state index contributed by atoms with van der Waals surface area (Å²) < 4.78 is 37.8. The summed E-state index contributed by atoms with van der Waals surface area (Å²) in [6.45, 7) is 0. The highest BCUT2D eigenvalue weighted by Crippen LogP contribution is 2.29. The molecule has 0 atom stereocenters. The second kappa shape index (κ2) is 7.31. The Kier molecular flexibility index (Phi) is 5.38. The van der Waals surface area contributed by atoms with E-state index in [1.165, 1.54) is 24.3 Å². The lowest BCUT2D eigenvalue weighted by atomic mass is 10.1. The Morgan fingerprint density at radius 2 is 1.96 bits per heavy atom. The van der Waals surface area contributed by atoms with Crippen molar-refractivity contribution in [1.82, 2.24) is 5.43 Å². The number of nitro benzene ring substituents is 1. The third-order valence-corrected chi connectivity index (χ3v) is 3.32. The molecule has 0 unspecified atom stereocenters. The molecule has 0 aliphatic carbocycles. The van der Waals surface area contributed by atoms with Crippen LogP contribution < -0.4 is 5.43 Å². The van der Waals surface area contributed by atoms with Crippen molar-refractivity contribution < 1.29 is 22.9 Å². The number of hydrazone groups is 1. The number of nitrogens with zero attached hydrogens (tertiary/aromatic N) is 2. The quantitative estimate of drug-likeness (QED) is 0.500.